The van der Waals surface area contributed by atoms with Gasteiger partial charge in [0.05, 0.1) is 11.4 Å². The maximum absolute atomic E-state index is 12.9. The van der Waals surface area contributed by atoms with Gasteiger partial charge >= 0.3 is 0 Å². The van der Waals surface area contributed by atoms with Gasteiger partial charge in [-0.1, -0.05) is 31.0 Å². The van der Waals surface area contributed by atoms with Gasteiger partial charge in [-0.25, -0.2) is 4.68 Å². The van der Waals surface area contributed by atoms with E-state index in [1.54, 1.807) is 6.08 Å². The molecule has 2 fully saturated rings. The maximum atomic E-state index is 12.9. The van der Waals surface area contributed by atoms with Gasteiger partial charge in [-0.2, -0.15) is 5.10 Å². The van der Waals surface area contributed by atoms with Crippen LogP contribution in [0.5, 0.6) is 0 Å². The van der Waals surface area contributed by atoms with E-state index in [1.807, 2.05) is 35.9 Å². The van der Waals surface area contributed by atoms with Gasteiger partial charge in [0.15, 0.2) is 0 Å². The fraction of sp³-hybridized carbons (Fsp3) is 0.478. The SMILES string of the molecule is Cc1nn(-c2ccccc2)c(C)c1/C=C/C(=O)N1CCC[C@H]2CCCC[C@@H]21. The summed E-state index contributed by atoms with van der Waals surface area (Å²) in [7, 11) is 0. The van der Waals surface area contributed by atoms with Crippen LogP contribution < -0.4 is 0 Å². The molecule has 1 aromatic carbocycles. The van der Waals surface area contributed by atoms with Crippen LogP contribution >= 0.6 is 0 Å². The van der Waals surface area contributed by atoms with Gasteiger partial charge < -0.3 is 4.90 Å². The zero-order chi connectivity index (χ0) is 18.8. The second-order valence-corrected chi connectivity index (χ2v) is 7.95. The normalized spacial score (nSPS) is 22.8. The minimum absolute atomic E-state index is 0.165. The van der Waals surface area contributed by atoms with E-state index in [0.717, 1.165) is 35.6 Å². The standard InChI is InChI=1S/C23H29N3O/c1-17-21(18(2)26(24-17)20-11-4-3-5-12-20)14-15-23(27)25-16-8-10-19-9-6-7-13-22(19)25/h3-5,11-12,14-15,19,22H,6-10,13,16H2,1-2H3/b15-14+/t19-,22+/m1/s1. The van der Waals surface area contributed by atoms with E-state index in [0.29, 0.717) is 12.0 Å². The van der Waals surface area contributed by atoms with Gasteiger partial charge in [0, 0.05) is 29.9 Å². The van der Waals surface area contributed by atoms with Crippen LogP contribution in [-0.2, 0) is 4.79 Å². The minimum atomic E-state index is 0.165. The second-order valence-electron chi connectivity index (χ2n) is 7.95. The summed E-state index contributed by atoms with van der Waals surface area (Å²) in [6, 6.07) is 10.6. The number of hydrogen-bond acceptors (Lipinski definition) is 2. The number of nitrogens with zero attached hydrogens (tertiary/aromatic N) is 3. The van der Waals surface area contributed by atoms with Crippen molar-refractivity contribution >= 4 is 12.0 Å². The smallest absolute Gasteiger partial charge is 0.246 e. The molecule has 1 saturated heterocycles. The Morgan fingerprint density at radius 1 is 1.07 bits per heavy atom. The number of aryl methyl sites for hydroxylation is 1. The fourth-order valence-electron chi connectivity index (χ4n) is 4.87. The molecule has 1 aromatic heterocycles. The summed E-state index contributed by atoms with van der Waals surface area (Å²) in [4.78, 5) is 15.1. The van der Waals surface area contributed by atoms with Crippen LogP contribution in [0, 0.1) is 19.8 Å². The predicted octanol–water partition coefficient (Wildman–Crippen LogP) is 4.68. The molecule has 1 aliphatic carbocycles. The number of benzene rings is 1. The maximum Gasteiger partial charge on any atom is 0.246 e. The lowest BCUT2D eigenvalue weighted by Gasteiger charge is -2.43. The van der Waals surface area contributed by atoms with E-state index in [1.165, 1.54) is 32.1 Å². The highest BCUT2D eigenvalue weighted by Gasteiger charge is 2.34. The Balaban J connectivity index is 1.54. The molecule has 4 nitrogen and oxygen atoms in total. The Morgan fingerprint density at radius 3 is 2.63 bits per heavy atom. The summed E-state index contributed by atoms with van der Waals surface area (Å²) in [5.41, 5.74) is 4.11. The summed E-state index contributed by atoms with van der Waals surface area (Å²) >= 11 is 0. The molecular formula is C23H29N3O. The molecule has 2 aromatic rings. The number of hydrogen-bond donors (Lipinski definition) is 0. The molecule has 0 unspecified atom stereocenters. The van der Waals surface area contributed by atoms with E-state index in [4.69, 9.17) is 0 Å². The van der Waals surface area contributed by atoms with E-state index in [9.17, 15) is 4.79 Å². The molecule has 2 atom stereocenters. The van der Waals surface area contributed by atoms with Crippen LogP contribution in [-0.4, -0.2) is 33.2 Å². The lowest BCUT2D eigenvalue weighted by atomic mass is 9.78. The number of likely N-dealkylation sites (tertiary alicyclic amines) is 1. The molecule has 27 heavy (non-hydrogen) atoms. The Bertz CT molecular complexity index is 835. The number of piperidine rings is 1. The summed E-state index contributed by atoms with van der Waals surface area (Å²) in [5.74, 6) is 0.881. The van der Waals surface area contributed by atoms with Crippen molar-refractivity contribution in [2.75, 3.05) is 6.54 Å². The molecule has 0 N–H and O–H groups in total. The fourth-order valence-corrected chi connectivity index (χ4v) is 4.87. The van der Waals surface area contributed by atoms with Gasteiger partial charge in [-0.3, -0.25) is 4.79 Å². The van der Waals surface area contributed by atoms with Crippen molar-refractivity contribution < 1.29 is 4.79 Å². The Morgan fingerprint density at radius 2 is 1.81 bits per heavy atom. The predicted molar refractivity (Wildman–Crippen MR) is 109 cm³/mol. The van der Waals surface area contributed by atoms with Crippen LogP contribution in [0.1, 0.15) is 55.5 Å². The average Bonchev–Trinajstić information content (AvgIpc) is 3.00. The summed E-state index contributed by atoms with van der Waals surface area (Å²) in [6.45, 7) is 4.98. The van der Waals surface area contributed by atoms with Crippen molar-refractivity contribution in [1.29, 1.82) is 0 Å². The molecule has 1 saturated carbocycles. The zero-order valence-electron chi connectivity index (χ0n) is 16.4. The molecule has 2 heterocycles. The van der Waals surface area contributed by atoms with Gasteiger partial charge in [-0.05, 0) is 63.7 Å². The molecule has 142 valence electrons. The molecule has 4 rings (SSSR count). The molecule has 1 amide bonds. The Hall–Kier alpha value is -2.36. The first-order valence-electron chi connectivity index (χ1n) is 10.3. The third-order valence-corrected chi connectivity index (χ3v) is 6.27. The van der Waals surface area contributed by atoms with Crippen LogP contribution in [0.2, 0.25) is 0 Å². The van der Waals surface area contributed by atoms with Crippen LogP contribution in [0.4, 0.5) is 0 Å². The van der Waals surface area contributed by atoms with Crippen molar-refractivity contribution in [2.45, 2.75) is 58.4 Å². The first kappa shape index (κ1) is 18.0. The number of carbonyl (C=O) groups excluding carboxylic acids is 1. The van der Waals surface area contributed by atoms with Crippen molar-refractivity contribution in [2.24, 2.45) is 5.92 Å². The lowest BCUT2D eigenvalue weighted by molar-refractivity contribution is -0.132. The van der Waals surface area contributed by atoms with E-state index in [-0.39, 0.29) is 5.91 Å². The number of amides is 1. The second kappa shape index (κ2) is 7.71. The van der Waals surface area contributed by atoms with Gasteiger partial charge in [0.25, 0.3) is 0 Å². The number of aromatic nitrogens is 2. The molecule has 2 aliphatic rings. The van der Waals surface area contributed by atoms with E-state index < -0.39 is 0 Å². The number of carbonyl (C=O) groups is 1. The largest absolute Gasteiger partial charge is 0.336 e. The molecule has 0 bridgehead atoms. The van der Waals surface area contributed by atoms with Crippen LogP contribution in [0.25, 0.3) is 11.8 Å². The summed E-state index contributed by atoms with van der Waals surface area (Å²) in [5, 5.41) is 4.68. The van der Waals surface area contributed by atoms with Gasteiger partial charge in [0.2, 0.25) is 5.91 Å². The highest BCUT2D eigenvalue weighted by atomic mass is 16.2. The van der Waals surface area contributed by atoms with Crippen molar-refractivity contribution in [3.8, 4) is 5.69 Å². The Kier molecular flexibility index (Phi) is 5.15. The Labute approximate surface area is 161 Å². The highest BCUT2D eigenvalue weighted by molar-refractivity contribution is 5.92. The molecule has 4 heteroatoms. The number of rotatable bonds is 3. The number of para-hydroxylation sites is 1. The number of fused-ring (bicyclic) bond motifs is 1. The average molecular weight is 364 g/mol. The first-order valence-corrected chi connectivity index (χ1v) is 10.3. The van der Waals surface area contributed by atoms with E-state index in [2.05, 4.69) is 29.1 Å². The topological polar surface area (TPSA) is 38.1 Å². The molecular weight excluding hydrogens is 334 g/mol. The summed E-state index contributed by atoms with van der Waals surface area (Å²) in [6.07, 6.45) is 11.2. The molecule has 0 radical (unpaired) electrons. The summed E-state index contributed by atoms with van der Waals surface area (Å²) < 4.78 is 1.96. The minimum Gasteiger partial charge on any atom is -0.336 e. The zero-order valence-corrected chi connectivity index (χ0v) is 16.4. The third-order valence-electron chi connectivity index (χ3n) is 6.27. The van der Waals surface area contributed by atoms with Gasteiger partial charge in [-0.15, -0.1) is 0 Å². The van der Waals surface area contributed by atoms with Crippen LogP contribution in [0.15, 0.2) is 36.4 Å². The molecule has 1 aliphatic heterocycles. The van der Waals surface area contributed by atoms with Crippen LogP contribution in [0.3, 0.4) is 0 Å². The van der Waals surface area contributed by atoms with Crippen molar-refractivity contribution in [1.82, 2.24) is 14.7 Å². The molecule has 0 spiro atoms. The highest BCUT2D eigenvalue weighted by Crippen LogP contribution is 2.35. The van der Waals surface area contributed by atoms with Crippen molar-refractivity contribution in [3.63, 3.8) is 0 Å². The first-order chi connectivity index (χ1) is 13.1. The lowest BCUT2D eigenvalue weighted by Crippen LogP contribution is -2.49. The van der Waals surface area contributed by atoms with Crippen molar-refractivity contribution in [3.05, 3.63) is 53.4 Å². The third kappa shape index (κ3) is 3.58. The monoisotopic (exact) mass is 363 g/mol. The van der Waals surface area contributed by atoms with Gasteiger partial charge in [0.1, 0.15) is 0 Å². The quantitative estimate of drug-likeness (QED) is 0.743. The van der Waals surface area contributed by atoms with E-state index >= 15 is 0 Å².